The van der Waals surface area contributed by atoms with E-state index in [-0.39, 0.29) is 0 Å². The molecule has 1 rings (SSSR count). The molecule has 0 amide bonds. The highest BCUT2D eigenvalue weighted by Gasteiger charge is 2.25. The summed E-state index contributed by atoms with van der Waals surface area (Å²) in [6.45, 7) is 11.3. The van der Waals surface area contributed by atoms with Crippen molar-refractivity contribution >= 4 is 15.9 Å². The third-order valence-electron chi connectivity index (χ3n) is 3.77. The van der Waals surface area contributed by atoms with Crippen LogP contribution in [0.4, 0.5) is 0 Å². The van der Waals surface area contributed by atoms with Crippen LogP contribution in [0.5, 0.6) is 0 Å². The molecule has 0 radical (unpaired) electrons. The summed E-state index contributed by atoms with van der Waals surface area (Å²) < 4.78 is 5.55. The molecule has 0 aliphatic carbocycles. The number of hydrogen-bond donors (Lipinski definition) is 0. The minimum atomic E-state index is 0.376. The molecule has 0 N–H and O–H groups in total. The lowest BCUT2D eigenvalue weighted by Crippen LogP contribution is -2.38. The Morgan fingerprint density at radius 2 is 2.12 bits per heavy atom. The highest BCUT2D eigenvalue weighted by molar-refractivity contribution is 9.09. The molecule has 2 nitrogen and oxygen atoms in total. The van der Waals surface area contributed by atoms with Crippen molar-refractivity contribution in [3.05, 3.63) is 0 Å². The van der Waals surface area contributed by atoms with Crippen LogP contribution in [-0.4, -0.2) is 43.6 Å². The number of hydrogen-bond acceptors (Lipinski definition) is 2. The first-order valence-electron chi connectivity index (χ1n) is 6.75. The van der Waals surface area contributed by atoms with Gasteiger partial charge in [-0.2, -0.15) is 0 Å². The standard InChI is InChI=1S/C14H28BrNO/c1-14(2,3)13(8-15)10-16(4)9-12-6-5-7-17-11-12/h12-13H,5-11H2,1-4H3. The molecule has 0 aromatic rings. The fourth-order valence-corrected chi connectivity index (χ4v) is 3.57. The van der Waals surface area contributed by atoms with Crippen LogP contribution in [0.2, 0.25) is 0 Å². The van der Waals surface area contributed by atoms with E-state index in [0.717, 1.165) is 24.5 Å². The molecule has 0 saturated carbocycles. The van der Waals surface area contributed by atoms with Gasteiger partial charge in [0.15, 0.2) is 0 Å². The Bertz CT molecular complexity index is 209. The summed E-state index contributed by atoms with van der Waals surface area (Å²) in [7, 11) is 2.25. The Morgan fingerprint density at radius 1 is 1.41 bits per heavy atom. The summed E-state index contributed by atoms with van der Waals surface area (Å²) >= 11 is 3.65. The van der Waals surface area contributed by atoms with Crippen molar-refractivity contribution in [2.75, 3.05) is 38.7 Å². The van der Waals surface area contributed by atoms with Crippen LogP contribution in [0.1, 0.15) is 33.6 Å². The molecule has 1 aliphatic rings. The van der Waals surface area contributed by atoms with Crippen molar-refractivity contribution in [2.45, 2.75) is 33.6 Å². The third-order valence-corrected chi connectivity index (χ3v) is 4.55. The predicted octanol–water partition coefficient (Wildman–Crippen LogP) is 3.40. The van der Waals surface area contributed by atoms with Gasteiger partial charge in [0, 0.05) is 25.0 Å². The lowest BCUT2D eigenvalue weighted by atomic mass is 9.81. The number of nitrogens with zero attached hydrogens (tertiary/aromatic N) is 1. The molecule has 0 aromatic carbocycles. The molecule has 0 spiro atoms. The van der Waals surface area contributed by atoms with Crippen LogP contribution in [0.25, 0.3) is 0 Å². The van der Waals surface area contributed by atoms with E-state index < -0.39 is 0 Å². The minimum Gasteiger partial charge on any atom is -0.381 e. The Morgan fingerprint density at radius 3 is 2.59 bits per heavy atom. The van der Waals surface area contributed by atoms with Gasteiger partial charge in [0.25, 0.3) is 0 Å². The average Bonchev–Trinajstić information content (AvgIpc) is 2.25. The van der Waals surface area contributed by atoms with E-state index in [1.54, 1.807) is 0 Å². The minimum absolute atomic E-state index is 0.376. The normalized spacial score (nSPS) is 24.0. The lowest BCUT2D eigenvalue weighted by molar-refractivity contribution is 0.0379. The van der Waals surface area contributed by atoms with Gasteiger partial charge in [-0.3, -0.25) is 0 Å². The summed E-state index contributed by atoms with van der Waals surface area (Å²) in [5.74, 6) is 1.45. The zero-order chi connectivity index (χ0) is 12.9. The third kappa shape index (κ3) is 5.71. The van der Waals surface area contributed by atoms with Gasteiger partial charge in [-0.25, -0.2) is 0 Å². The van der Waals surface area contributed by atoms with Crippen LogP contribution in [-0.2, 0) is 4.74 Å². The van der Waals surface area contributed by atoms with Crippen molar-refractivity contribution in [2.24, 2.45) is 17.3 Å². The molecule has 3 heteroatoms. The second kappa shape index (κ2) is 7.10. The monoisotopic (exact) mass is 305 g/mol. The molecule has 1 fully saturated rings. The van der Waals surface area contributed by atoms with Gasteiger partial charge in [0.05, 0.1) is 6.61 Å². The number of ether oxygens (including phenoxy) is 1. The van der Waals surface area contributed by atoms with E-state index in [1.165, 1.54) is 25.9 Å². The van der Waals surface area contributed by atoms with Crippen LogP contribution in [0.15, 0.2) is 0 Å². The van der Waals surface area contributed by atoms with Crippen molar-refractivity contribution in [1.82, 2.24) is 4.90 Å². The van der Waals surface area contributed by atoms with Crippen molar-refractivity contribution in [3.63, 3.8) is 0 Å². The van der Waals surface area contributed by atoms with Gasteiger partial charge in [-0.15, -0.1) is 0 Å². The van der Waals surface area contributed by atoms with E-state index in [2.05, 4.69) is 48.6 Å². The van der Waals surface area contributed by atoms with E-state index in [1.807, 2.05) is 0 Å². The summed E-state index contributed by atoms with van der Waals surface area (Å²) in [4.78, 5) is 2.48. The van der Waals surface area contributed by atoms with Crippen LogP contribution in [0.3, 0.4) is 0 Å². The van der Waals surface area contributed by atoms with Gasteiger partial charge in [-0.05, 0) is 37.1 Å². The van der Waals surface area contributed by atoms with E-state index in [0.29, 0.717) is 11.3 Å². The molecular weight excluding hydrogens is 278 g/mol. The predicted molar refractivity (Wildman–Crippen MR) is 77.8 cm³/mol. The van der Waals surface area contributed by atoms with Gasteiger partial charge in [-0.1, -0.05) is 36.7 Å². The fourth-order valence-electron chi connectivity index (χ4n) is 2.40. The van der Waals surface area contributed by atoms with Gasteiger partial charge in [0.1, 0.15) is 0 Å². The Balaban J connectivity index is 2.34. The van der Waals surface area contributed by atoms with Gasteiger partial charge < -0.3 is 9.64 Å². The van der Waals surface area contributed by atoms with Crippen LogP contribution in [0, 0.1) is 17.3 Å². The van der Waals surface area contributed by atoms with E-state index >= 15 is 0 Å². The van der Waals surface area contributed by atoms with Crippen molar-refractivity contribution in [3.8, 4) is 0 Å². The fraction of sp³-hybridized carbons (Fsp3) is 1.00. The molecule has 2 atom stereocenters. The highest BCUT2D eigenvalue weighted by Crippen LogP contribution is 2.28. The second-order valence-corrected chi connectivity index (χ2v) is 7.17. The topological polar surface area (TPSA) is 12.5 Å². The maximum atomic E-state index is 5.55. The molecule has 0 aromatic heterocycles. The lowest BCUT2D eigenvalue weighted by Gasteiger charge is -2.34. The second-order valence-electron chi connectivity index (χ2n) is 6.52. The summed E-state index contributed by atoms with van der Waals surface area (Å²) in [6.07, 6.45) is 2.57. The van der Waals surface area contributed by atoms with Gasteiger partial charge in [0.2, 0.25) is 0 Å². The maximum Gasteiger partial charge on any atom is 0.0506 e. The Labute approximate surface area is 115 Å². The number of alkyl halides is 1. The van der Waals surface area contributed by atoms with Crippen LogP contribution >= 0.6 is 15.9 Å². The smallest absolute Gasteiger partial charge is 0.0506 e. The van der Waals surface area contributed by atoms with E-state index in [4.69, 9.17) is 4.74 Å². The van der Waals surface area contributed by atoms with Crippen LogP contribution < -0.4 is 0 Å². The molecule has 1 aliphatic heterocycles. The largest absolute Gasteiger partial charge is 0.381 e. The first-order valence-corrected chi connectivity index (χ1v) is 7.88. The average molecular weight is 306 g/mol. The molecule has 1 heterocycles. The molecule has 2 unspecified atom stereocenters. The highest BCUT2D eigenvalue weighted by atomic mass is 79.9. The molecule has 17 heavy (non-hydrogen) atoms. The molecule has 1 saturated heterocycles. The summed E-state index contributed by atoms with van der Waals surface area (Å²) in [5, 5.41) is 1.09. The Kier molecular flexibility index (Phi) is 6.46. The Hall–Kier alpha value is 0.400. The van der Waals surface area contributed by atoms with Gasteiger partial charge >= 0.3 is 0 Å². The van der Waals surface area contributed by atoms with E-state index in [9.17, 15) is 0 Å². The quantitative estimate of drug-likeness (QED) is 0.722. The SMILES string of the molecule is CN(CC1CCCOC1)CC(CBr)C(C)(C)C. The maximum absolute atomic E-state index is 5.55. The number of rotatable bonds is 5. The molecule has 0 bridgehead atoms. The van der Waals surface area contributed by atoms with Crippen molar-refractivity contribution in [1.29, 1.82) is 0 Å². The first kappa shape index (κ1) is 15.5. The summed E-state index contributed by atoms with van der Waals surface area (Å²) in [6, 6.07) is 0. The zero-order valence-corrected chi connectivity index (χ0v) is 13.4. The number of halogens is 1. The first-order chi connectivity index (χ1) is 7.93. The molecular formula is C14H28BrNO. The molecule has 102 valence electrons. The van der Waals surface area contributed by atoms with Crippen molar-refractivity contribution < 1.29 is 4.74 Å². The summed E-state index contributed by atoms with van der Waals surface area (Å²) in [5.41, 5.74) is 0.376. The zero-order valence-electron chi connectivity index (χ0n) is 11.8.